The number of fused-ring (bicyclic) bond motifs is 8. The Morgan fingerprint density at radius 2 is 1.06 bits per heavy atom. The van der Waals surface area contributed by atoms with Gasteiger partial charge in [0.25, 0.3) is 0 Å². The minimum atomic E-state index is -0.161. The van der Waals surface area contributed by atoms with Gasteiger partial charge in [0.15, 0.2) is 0 Å². The third-order valence-electron chi connectivity index (χ3n) is 14.5. The number of hydrogen-bond acceptors (Lipinski definition) is 3. The van der Waals surface area contributed by atoms with Gasteiger partial charge in [-0.3, -0.25) is 0 Å². The summed E-state index contributed by atoms with van der Waals surface area (Å²) in [6.07, 6.45) is 0. The van der Waals surface area contributed by atoms with Crippen LogP contribution in [0.15, 0.2) is 144 Å². The van der Waals surface area contributed by atoms with Crippen LogP contribution in [0.3, 0.4) is 0 Å². The molecular weight excluding hydrogens is 800 g/mol. The van der Waals surface area contributed by atoms with E-state index in [0.717, 1.165) is 27.6 Å². The van der Waals surface area contributed by atoms with Crippen LogP contribution in [0, 0.1) is 41.5 Å². The zero-order valence-corrected chi connectivity index (χ0v) is 40.7. The van der Waals surface area contributed by atoms with Crippen molar-refractivity contribution in [2.45, 2.75) is 93.9 Å². The summed E-state index contributed by atoms with van der Waals surface area (Å²) in [7, 11) is 0. The van der Waals surface area contributed by atoms with E-state index in [1.807, 2.05) is 0 Å². The third kappa shape index (κ3) is 6.55. The molecule has 0 bridgehead atoms. The van der Waals surface area contributed by atoms with Crippen LogP contribution >= 0.6 is 0 Å². The monoisotopic (exact) mass is 858 g/mol. The van der Waals surface area contributed by atoms with Crippen molar-refractivity contribution in [3.63, 3.8) is 0 Å². The molecule has 0 radical (unpaired) electrons. The van der Waals surface area contributed by atoms with Crippen molar-refractivity contribution in [3.05, 3.63) is 184 Å². The van der Waals surface area contributed by atoms with Crippen LogP contribution in [-0.2, 0) is 10.8 Å². The molecule has 0 fully saturated rings. The van der Waals surface area contributed by atoms with Gasteiger partial charge in [0.2, 0.25) is 0 Å². The van der Waals surface area contributed by atoms with Crippen molar-refractivity contribution < 1.29 is 4.42 Å². The molecule has 2 aliphatic rings. The maximum Gasteiger partial charge on any atom is 0.333 e. The molecule has 1 aromatic heterocycles. The van der Waals surface area contributed by atoms with Gasteiger partial charge in [0, 0.05) is 50.3 Å². The van der Waals surface area contributed by atoms with Crippen LogP contribution < -0.4 is 20.6 Å². The van der Waals surface area contributed by atoms with Gasteiger partial charge in [-0.1, -0.05) is 138 Å². The highest BCUT2D eigenvalue weighted by molar-refractivity contribution is 6.94. The Labute approximate surface area is 391 Å². The lowest BCUT2D eigenvalue weighted by Gasteiger charge is -2.46. The minimum Gasteiger partial charge on any atom is -0.455 e. The molecule has 3 heterocycles. The molecule has 0 spiro atoms. The van der Waals surface area contributed by atoms with Gasteiger partial charge in [-0.05, 0) is 174 Å². The first-order valence-corrected chi connectivity index (χ1v) is 23.7. The van der Waals surface area contributed by atoms with Crippen molar-refractivity contribution in [2.24, 2.45) is 0 Å². The molecule has 0 aliphatic carbocycles. The predicted octanol–water partition coefficient (Wildman–Crippen LogP) is 16.1. The molecule has 3 nitrogen and oxygen atoms in total. The summed E-state index contributed by atoms with van der Waals surface area (Å²) >= 11 is 0. The molecule has 4 heteroatoms. The zero-order chi connectivity index (χ0) is 46.1. The summed E-state index contributed by atoms with van der Waals surface area (Å²) in [5, 5.41) is 2.26. The van der Waals surface area contributed by atoms with Crippen molar-refractivity contribution in [3.8, 4) is 33.4 Å². The number of para-hydroxylation sites is 1. The van der Waals surface area contributed by atoms with E-state index in [2.05, 4.69) is 232 Å². The molecule has 0 unspecified atom stereocenters. The Balaban J connectivity index is 1.29. The van der Waals surface area contributed by atoms with Crippen molar-refractivity contribution in [1.82, 2.24) is 0 Å². The van der Waals surface area contributed by atoms with Crippen LogP contribution in [0.2, 0.25) is 0 Å². The Morgan fingerprint density at radius 1 is 0.455 bits per heavy atom. The van der Waals surface area contributed by atoms with Crippen LogP contribution in [0.25, 0.3) is 55.3 Å². The fourth-order valence-electron chi connectivity index (χ4n) is 11.6. The largest absolute Gasteiger partial charge is 0.455 e. The number of rotatable bonds is 4. The maximum absolute atomic E-state index is 7.12. The van der Waals surface area contributed by atoms with Gasteiger partial charge in [-0.25, -0.2) is 0 Å². The molecule has 0 saturated heterocycles. The van der Waals surface area contributed by atoms with Crippen molar-refractivity contribution in [1.29, 1.82) is 0 Å². The first-order valence-electron chi connectivity index (χ1n) is 23.7. The first kappa shape index (κ1) is 41.9. The number of nitrogens with zero attached hydrogens (tertiary/aromatic N) is 2. The highest BCUT2D eigenvalue weighted by Crippen LogP contribution is 2.52. The van der Waals surface area contributed by atoms with Gasteiger partial charge in [-0.2, -0.15) is 0 Å². The van der Waals surface area contributed by atoms with E-state index in [-0.39, 0.29) is 17.7 Å². The van der Waals surface area contributed by atoms with E-state index in [9.17, 15) is 0 Å². The second-order valence-corrected chi connectivity index (χ2v) is 21.4. The van der Waals surface area contributed by atoms with E-state index in [1.165, 1.54) is 112 Å². The number of furan rings is 1. The lowest BCUT2D eigenvalue weighted by Crippen LogP contribution is -2.61. The van der Waals surface area contributed by atoms with Crippen LogP contribution in [0.1, 0.15) is 86.1 Å². The summed E-state index contributed by atoms with van der Waals surface area (Å²) in [4.78, 5) is 5.21. The second-order valence-electron chi connectivity index (χ2n) is 21.4. The summed E-state index contributed by atoms with van der Waals surface area (Å²) in [6.45, 7) is 27.1. The van der Waals surface area contributed by atoms with Gasteiger partial charge < -0.3 is 14.1 Å². The van der Waals surface area contributed by atoms with Gasteiger partial charge >= 0.3 is 6.85 Å². The van der Waals surface area contributed by atoms with Crippen LogP contribution in [0.5, 0.6) is 0 Å². The van der Waals surface area contributed by atoms with E-state index in [4.69, 9.17) is 4.42 Å². The third-order valence-corrected chi connectivity index (χ3v) is 14.5. The summed E-state index contributed by atoms with van der Waals surface area (Å²) in [5.74, 6) is 0. The zero-order valence-electron chi connectivity index (χ0n) is 40.7. The van der Waals surface area contributed by atoms with E-state index in [0.29, 0.717) is 0 Å². The standard InChI is InChI=1S/C62H59BN2O/c1-36-28-38(3)56(39(4)29-36)42-16-15-17-47(32-42)64-53-33-43(57-40(5)30-37(2)31-41(57)6)20-26-51(53)63-59-54(64)35-49-48-18-13-14-19-55(48)66-60(49)58(59)50-34-45(62(10,11)12)23-27-52(50)65(63)46-24-21-44(22-25-46)61(7,8)9/h13-35H,1-12H3. The molecule has 0 saturated carbocycles. The number of benzene rings is 8. The van der Waals surface area contributed by atoms with Crippen molar-refractivity contribution >= 4 is 68.1 Å². The number of aryl methyl sites for hydroxylation is 6. The van der Waals surface area contributed by atoms with Crippen LogP contribution in [0.4, 0.5) is 28.4 Å². The first-order chi connectivity index (χ1) is 31.5. The SMILES string of the molecule is Cc1cc(C)c(-c2cccc(N3c4cc(-c5c(C)cc(C)cc5C)ccc4B4c5c3cc3c(oc6ccccc63)c5-c3cc(C(C)(C)C)ccc3N4c3ccc(C(C)(C)C)cc3)c2)c(C)c1. The molecule has 0 atom stereocenters. The quantitative estimate of drug-likeness (QED) is 0.164. The molecule has 2 aliphatic heterocycles. The Bertz CT molecular complexity index is 3420. The van der Waals surface area contributed by atoms with E-state index in [1.54, 1.807) is 0 Å². The van der Waals surface area contributed by atoms with Crippen molar-refractivity contribution in [2.75, 3.05) is 9.71 Å². The van der Waals surface area contributed by atoms with E-state index < -0.39 is 0 Å². The Morgan fingerprint density at radius 3 is 1.70 bits per heavy atom. The highest BCUT2D eigenvalue weighted by Gasteiger charge is 2.47. The molecule has 326 valence electrons. The smallest absolute Gasteiger partial charge is 0.333 e. The molecule has 11 rings (SSSR count). The lowest BCUT2D eigenvalue weighted by atomic mass is 9.43. The summed E-state index contributed by atoms with van der Waals surface area (Å²) < 4.78 is 7.12. The fraction of sp³-hybridized carbons (Fsp3) is 0.226. The minimum absolute atomic E-state index is 0.0252. The normalized spacial score (nSPS) is 13.4. The number of anilines is 5. The summed E-state index contributed by atoms with van der Waals surface area (Å²) in [5.41, 5.74) is 27.9. The van der Waals surface area contributed by atoms with Crippen LogP contribution in [-0.4, -0.2) is 6.85 Å². The topological polar surface area (TPSA) is 19.6 Å². The predicted molar refractivity (Wildman–Crippen MR) is 284 cm³/mol. The van der Waals surface area contributed by atoms with Gasteiger partial charge in [0.05, 0.1) is 0 Å². The molecule has 0 N–H and O–H groups in total. The second kappa shape index (κ2) is 14.9. The molecule has 9 aromatic rings. The lowest BCUT2D eigenvalue weighted by molar-refractivity contribution is 0.590. The van der Waals surface area contributed by atoms with Gasteiger partial charge in [-0.15, -0.1) is 0 Å². The molecule has 66 heavy (non-hydrogen) atoms. The fourth-order valence-corrected chi connectivity index (χ4v) is 11.6. The maximum atomic E-state index is 7.12. The molecule has 0 amide bonds. The Hall–Kier alpha value is -6.78. The summed E-state index contributed by atoms with van der Waals surface area (Å²) in [6, 6.07) is 53.4. The van der Waals surface area contributed by atoms with E-state index >= 15 is 0 Å². The molecular formula is C62H59BN2O. The Kier molecular flexibility index (Phi) is 9.44. The average molecular weight is 859 g/mol. The average Bonchev–Trinajstić information content (AvgIpc) is 3.63. The highest BCUT2D eigenvalue weighted by atomic mass is 16.3. The van der Waals surface area contributed by atoms with Gasteiger partial charge in [0.1, 0.15) is 11.2 Å². The number of hydrogen-bond donors (Lipinski definition) is 0. The molecule has 8 aromatic carbocycles.